The van der Waals surface area contributed by atoms with Gasteiger partial charge in [-0.1, -0.05) is 27.7 Å². The number of nitrogens with one attached hydrogen (secondary N) is 1. The van der Waals surface area contributed by atoms with Crippen LogP contribution >= 0.6 is 0 Å². The molecule has 0 aliphatic carbocycles. The number of nitrogens with zero attached hydrogens (tertiary/aromatic N) is 1. The van der Waals surface area contributed by atoms with Crippen LogP contribution in [0, 0.1) is 11.3 Å². The van der Waals surface area contributed by atoms with Gasteiger partial charge in [-0.05, 0) is 23.5 Å². The highest BCUT2D eigenvalue weighted by atomic mass is 19.4. The van der Waals surface area contributed by atoms with Crippen molar-refractivity contribution in [1.29, 1.82) is 0 Å². The van der Waals surface area contributed by atoms with Crippen molar-refractivity contribution in [2.45, 2.75) is 33.9 Å². The molecule has 1 aromatic heterocycles. The molecule has 1 heterocycles. The molecule has 0 unspecified atom stereocenters. The van der Waals surface area contributed by atoms with Gasteiger partial charge in [0.05, 0.1) is 5.56 Å². The molecule has 0 radical (unpaired) electrons. The molecule has 0 amide bonds. The van der Waals surface area contributed by atoms with Crippen molar-refractivity contribution in [2.75, 3.05) is 11.9 Å². The number of hydrogen-bond acceptors (Lipinski definition) is 2. The van der Waals surface area contributed by atoms with Crippen LogP contribution in [0.1, 0.15) is 33.3 Å². The monoisotopic (exact) mass is 260 g/mol. The summed E-state index contributed by atoms with van der Waals surface area (Å²) in [5.74, 6) is 0.266. The molecule has 0 fully saturated rings. The Bertz CT molecular complexity index is 397. The third-order valence-corrected chi connectivity index (χ3v) is 3.39. The number of pyridine rings is 1. The minimum Gasteiger partial charge on any atom is -0.369 e. The first-order valence-corrected chi connectivity index (χ1v) is 5.90. The molecule has 0 aliphatic rings. The van der Waals surface area contributed by atoms with Crippen LogP contribution in [-0.2, 0) is 6.18 Å². The van der Waals surface area contributed by atoms with Gasteiger partial charge in [-0.25, -0.2) is 4.98 Å². The second kappa shape index (κ2) is 5.16. The third kappa shape index (κ3) is 3.62. The lowest BCUT2D eigenvalue weighted by Crippen LogP contribution is -2.29. The zero-order valence-corrected chi connectivity index (χ0v) is 11.1. The SMILES string of the molecule is CC(C)C(C)(C)CNc1ncccc1C(F)(F)F. The molecule has 0 aromatic carbocycles. The molecule has 0 bridgehead atoms. The fraction of sp³-hybridized carbons (Fsp3) is 0.615. The topological polar surface area (TPSA) is 24.9 Å². The predicted octanol–water partition coefficient (Wildman–Crippen LogP) is 4.19. The van der Waals surface area contributed by atoms with Crippen molar-refractivity contribution in [2.24, 2.45) is 11.3 Å². The summed E-state index contributed by atoms with van der Waals surface area (Å²) in [6, 6.07) is 2.33. The standard InChI is InChI=1S/C13H19F3N2/c1-9(2)12(3,4)8-18-11-10(13(14,15)16)6-5-7-17-11/h5-7,9H,8H2,1-4H3,(H,17,18). The minimum absolute atomic E-state index is 0.0968. The molecule has 0 spiro atoms. The van der Waals surface area contributed by atoms with E-state index in [-0.39, 0.29) is 11.2 Å². The lowest BCUT2D eigenvalue weighted by Gasteiger charge is -2.30. The van der Waals surface area contributed by atoms with Gasteiger partial charge in [0.15, 0.2) is 0 Å². The Hall–Kier alpha value is -1.26. The Morgan fingerprint density at radius 2 is 1.89 bits per heavy atom. The van der Waals surface area contributed by atoms with Gasteiger partial charge in [-0.3, -0.25) is 0 Å². The van der Waals surface area contributed by atoms with Crippen molar-refractivity contribution in [3.05, 3.63) is 23.9 Å². The highest BCUT2D eigenvalue weighted by Gasteiger charge is 2.34. The van der Waals surface area contributed by atoms with E-state index in [1.165, 1.54) is 12.3 Å². The summed E-state index contributed by atoms with van der Waals surface area (Å²) in [5.41, 5.74) is -0.815. The summed E-state index contributed by atoms with van der Waals surface area (Å²) < 4.78 is 38.2. The van der Waals surface area contributed by atoms with Crippen molar-refractivity contribution < 1.29 is 13.2 Å². The van der Waals surface area contributed by atoms with Crippen LogP contribution in [0.5, 0.6) is 0 Å². The zero-order chi connectivity index (χ0) is 14.0. The maximum atomic E-state index is 12.7. The second-order valence-corrected chi connectivity index (χ2v) is 5.39. The van der Waals surface area contributed by atoms with Crippen molar-refractivity contribution >= 4 is 5.82 Å². The fourth-order valence-corrected chi connectivity index (χ4v) is 1.29. The number of halogens is 3. The summed E-state index contributed by atoms with van der Waals surface area (Å²) in [6.07, 6.45) is -3.02. The molecule has 18 heavy (non-hydrogen) atoms. The largest absolute Gasteiger partial charge is 0.419 e. The van der Waals surface area contributed by atoms with Gasteiger partial charge in [0.1, 0.15) is 5.82 Å². The Morgan fingerprint density at radius 1 is 1.28 bits per heavy atom. The Labute approximate surface area is 106 Å². The Balaban J connectivity index is 2.86. The van der Waals surface area contributed by atoms with Crippen molar-refractivity contribution in [3.63, 3.8) is 0 Å². The number of rotatable bonds is 4. The Morgan fingerprint density at radius 3 is 2.39 bits per heavy atom. The van der Waals surface area contributed by atoms with E-state index in [9.17, 15) is 13.2 Å². The van der Waals surface area contributed by atoms with E-state index in [0.29, 0.717) is 12.5 Å². The van der Waals surface area contributed by atoms with Crippen LogP contribution in [0.2, 0.25) is 0 Å². The molecule has 0 atom stereocenters. The number of aromatic nitrogens is 1. The van der Waals surface area contributed by atoms with E-state index in [4.69, 9.17) is 0 Å². The van der Waals surface area contributed by atoms with Crippen molar-refractivity contribution in [3.8, 4) is 0 Å². The van der Waals surface area contributed by atoms with Gasteiger partial charge in [-0.2, -0.15) is 13.2 Å². The Kier molecular flexibility index (Phi) is 4.24. The summed E-state index contributed by atoms with van der Waals surface area (Å²) in [7, 11) is 0. The molecule has 5 heteroatoms. The van der Waals surface area contributed by atoms with E-state index in [1.54, 1.807) is 0 Å². The lowest BCUT2D eigenvalue weighted by molar-refractivity contribution is -0.137. The van der Waals surface area contributed by atoms with Gasteiger partial charge < -0.3 is 5.32 Å². The van der Waals surface area contributed by atoms with E-state index in [1.807, 2.05) is 27.7 Å². The zero-order valence-electron chi connectivity index (χ0n) is 11.1. The average Bonchev–Trinajstić information content (AvgIpc) is 2.25. The number of alkyl halides is 3. The first-order chi connectivity index (χ1) is 8.14. The summed E-state index contributed by atoms with van der Waals surface area (Å²) >= 11 is 0. The van der Waals surface area contributed by atoms with Gasteiger partial charge in [0, 0.05) is 12.7 Å². The van der Waals surface area contributed by atoms with Crippen molar-refractivity contribution in [1.82, 2.24) is 4.98 Å². The van der Waals surface area contributed by atoms with Crippen LogP contribution in [0.15, 0.2) is 18.3 Å². The van der Waals surface area contributed by atoms with Crippen LogP contribution in [0.4, 0.5) is 19.0 Å². The highest BCUT2D eigenvalue weighted by Crippen LogP contribution is 2.34. The van der Waals surface area contributed by atoms with Crippen LogP contribution in [0.3, 0.4) is 0 Å². The molecule has 1 rings (SSSR count). The first-order valence-electron chi connectivity index (χ1n) is 5.90. The van der Waals surface area contributed by atoms with E-state index >= 15 is 0 Å². The maximum Gasteiger partial charge on any atom is 0.419 e. The van der Waals surface area contributed by atoms with Gasteiger partial charge in [-0.15, -0.1) is 0 Å². The molecule has 0 saturated carbocycles. The maximum absolute atomic E-state index is 12.7. The van der Waals surface area contributed by atoms with Crippen LogP contribution in [-0.4, -0.2) is 11.5 Å². The number of anilines is 1. The molecule has 1 N–H and O–H groups in total. The highest BCUT2D eigenvalue weighted by molar-refractivity contribution is 5.45. The summed E-state index contributed by atoms with van der Waals surface area (Å²) in [5, 5.41) is 2.81. The molecule has 2 nitrogen and oxygen atoms in total. The van der Waals surface area contributed by atoms with E-state index in [2.05, 4.69) is 10.3 Å². The van der Waals surface area contributed by atoms with Crippen LogP contribution in [0.25, 0.3) is 0 Å². The second-order valence-electron chi connectivity index (χ2n) is 5.39. The predicted molar refractivity (Wildman–Crippen MR) is 66.3 cm³/mol. The lowest BCUT2D eigenvalue weighted by atomic mass is 9.81. The molecular formula is C13H19F3N2. The minimum atomic E-state index is -4.38. The molecule has 102 valence electrons. The first kappa shape index (κ1) is 14.8. The summed E-state index contributed by atoms with van der Waals surface area (Å²) in [6.45, 7) is 8.57. The molecular weight excluding hydrogens is 241 g/mol. The van der Waals surface area contributed by atoms with Gasteiger partial charge in [0.25, 0.3) is 0 Å². The number of hydrogen-bond donors (Lipinski definition) is 1. The third-order valence-electron chi connectivity index (χ3n) is 3.39. The molecule has 0 saturated heterocycles. The summed E-state index contributed by atoms with van der Waals surface area (Å²) in [4.78, 5) is 3.78. The molecule has 0 aliphatic heterocycles. The smallest absolute Gasteiger partial charge is 0.369 e. The van der Waals surface area contributed by atoms with Gasteiger partial charge >= 0.3 is 6.18 Å². The molecule has 1 aromatic rings. The quantitative estimate of drug-likeness (QED) is 0.877. The van der Waals surface area contributed by atoms with Gasteiger partial charge in [0.2, 0.25) is 0 Å². The van der Waals surface area contributed by atoms with E-state index < -0.39 is 11.7 Å². The van der Waals surface area contributed by atoms with Crippen LogP contribution < -0.4 is 5.32 Å². The normalized spacial score (nSPS) is 12.9. The fourth-order valence-electron chi connectivity index (χ4n) is 1.29. The van der Waals surface area contributed by atoms with E-state index in [0.717, 1.165) is 6.07 Å². The average molecular weight is 260 g/mol.